The molecule has 0 bridgehead atoms. The van der Waals surface area contributed by atoms with Crippen molar-refractivity contribution in [1.82, 2.24) is 0 Å². The molecule has 0 amide bonds. The highest BCUT2D eigenvalue weighted by atomic mass is 79.9. The van der Waals surface area contributed by atoms with Gasteiger partial charge < -0.3 is 18.9 Å². The van der Waals surface area contributed by atoms with E-state index in [-0.39, 0.29) is 18.3 Å². The predicted molar refractivity (Wildman–Crippen MR) is 119 cm³/mol. The second kappa shape index (κ2) is 8.21. The zero-order valence-corrected chi connectivity index (χ0v) is 18.4. The number of rotatable bonds is 4. The van der Waals surface area contributed by atoms with Crippen molar-refractivity contribution in [3.05, 3.63) is 92.6 Å². The fraction of sp³-hybridized carbons (Fsp3) is 0.160. The Balaban J connectivity index is 1.38. The van der Waals surface area contributed by atoms with Gasteiger partial charge in [-0.3, -0.25) is 4.79 Å². The van der Waals surface area contributed by atoms with Crippen molar-refractivity contribution in [3.63, 3.8) is 0 Å². The fourth-order valence-electron chi connectivity index (χ4n) is 3.57. The highest BCUT2D eigenvalue weighted by Crippen LogP contribution is 2.38. The Bertz CT molecular complexity index is 1200. The highest BCUT2D eigenvalue weighted by Gasteiger charge is 2.28. The van der Waals surface area contributed by atoms with E-state index in [0.29, 0.717) is 36.0 Å². The lowest BCUT2D eigenvalue weighted by Gasteiger charge is -2.20. The topological polar surface area (TPSA) is 54.0 Å². The highest BCUT2D eigenvalue weighted by molar-refractivity contribution is 9.10. The van der Waals surface area contributed by atoms with E-state index < -0.39 is 0 Å². The molecule has 156 valence electrons. The number of fused-ring (bicyclic) bond motifs is 2. The van der Waals surface area contributed by atoms with Crippen molar-refractivity contribution in [2.45, 2.75) is 20.1 Å². The number of hydrogen-bond donors (Lipinski definition) is 0. The maximum atomic E-state index is 12.9. The molecule has 2 aliphatic heterocycles. The Morgan fingerprint density at radius 1 is 1.10 bits per heavy atom. The third kappa shape index (κ3) is 4.09. The van der Waals surface area contributed by atoms with E-state index in [1.165, 1.54) is 5.56 Å². The maximum absolute atomic E-state index is 12.9. The van der Waals surface area contributed by atoms with Crippen LogP contribution in [0.15, 0.2) is 64.8 Å². The van der Waals surface area contributed by atoms with Crippen LogP contribution in [0.2, 0.25) is 0 Å². The first-order valence-electron chi connectivity index (χ1n) is 9.86. The SMILES string of the molecule is Cc1ccc(COc2ccc3c(c2)O/C(=C\c2cc(Br)cc4c2OCOC4)C3=O)cc1. The minimum Gasteiger partial charge on any atom is -0.489 e. The molecule has 0 aliphatic carbocycles. The third-order valence-electron chi connectivity index (χ3n) is 5.16. The number of ether oxygens (including phenoxy) is 4. The summed E-state index contributed by atoms with van der Waals surface area (Å²) in [4.78, 5) is 12.9. The van der Waals surface area contributed by atoms with Crippen LogP contribution in [-0.4, -0.2) is 12.6 Å². The number of aryl methyl sites for hydroxylation is 1. The zero-order chi connectivity index (χ0) is 21.4. The molecule has 3 aromatic rings. The van der Waals surface area contributed by atoms with Crippen molar-refractivity contribution in [3.8, 4) is 17.2 Å². The molecule has 0 atom stereocenters. The van der Waals surface area contributed by atoms with E-state index in [0.717, 1.165) is 21.2 Å². The summed E-state index contributed by atoms with van der Waals surface area (Å²) in [5.41, 5.74) is 4.48. The van der Waals surface area contributed by atoms with Gasteiger partial charge in [-0.1, -0.05) is 45.8 Å². The number of carbonyl (C=O) groups is 1. The van der Waals surface area contributed by atoms with Gasteiger partial charge in [0, 0.05) is 21.7 Å². The van der Waals surface area contributed by atoms with Crippen LogP contribution in [0.5, 0.6) is 17.2 Å². The van der Waals surface area contributed by atoms with Crippen molar-refractivity contribution < 1.29 is 23.7 Å². The standard InChI is InChI=1S/C25H19BrO5/c1-15-2-4-16(5-3-15)12-29-20-6-7-21-22(11-20)31-23(24(21)27)10-17-8-19(26)9-18-13-28-14-30-25(17)18/h2-11H,12-14H2,1H3/b23-10-. The quantitative estimate of drug-likeness (QED) is 0.442. The van der Waals surface area contributed by atoms with E-state index in [4.69, 9.17) is 18.9 Å². The molecule has 0 unspecified atom stereocenters. The molecule has 0 N–H and O–H groups in total. The molecule has 31 heavy (non-hydrogen) atoms. The number of benzene rings is 3. The largest absolute Gasteiger partial charge is 0.489 e. The second-order valence-corrected chi connectivity index (χ2v) is 8.38. The van der Waals surface area contributed by atoms with Crippen LogP contribution in [0.3, 0.4) is 0 Å². The van der Waals surface area contributed by atoms with Gasteiger partial charge in [-0.15, -0.1) is 0 Å². The van der Waals surface area contributed by atoms with E-state index in [9.17, 15) is 4.79 Å². The van der Waals surface area contributed by atoms with Gasteiger partial charge in [0.05, 0.1) is 12.2 Å². The minimum atomic E-state index is -0.166. The number of halogens is 1. The average molecular weight is 479 g/mol. The Morgan fingerprint density at radius 2 is 1.94 bits per heavy atom. The first-order valence-corrected chi connectivity index (χ1v) is 10.7. The molecule has 0 radical (unpaired) electrons. The molecule has 5 nitrogen and oxygen atoms in total. The van der Waals surface area contributed by atoms with Gasteiger partial charge >= 0.3 is 0 Å². The van der Waals surface area contributed by atoms with E-state index in [2.05, 4.69) is 35.0 Å². The van der Waals surface area contributed by atoms with Gasteiger partial charge in [0.2, 0.25) is 5.78 Å². The first kappa shape index (κ1) is 19.8. The number of allylic oxidation sites excluding steroid dienone is 1. The Morgan fingerprint density at radius 3 is 2.77 bits per heavy atom. The van der Waals surface area contributed by atoms with Gasteiger partial charge in [-0.25, -0.2) is 0 Å². The van der Waals surface area contributed by atoms with Crippen molar-refractivity contribution >= 4 is 27.8 Å². The van der Waals surface area contributed by atoms with Gasteiger partial charge in [0.15, 0.2) is 12.6 Å². The predicted octanol–water partition coefficient (Wildman–Crippen LogP) is 5.82. The molecule has 5 rings (SSSR count). The molecule has 2 aliphatic rings. The number of carbonyl (C=O) groups excluding carboxylic acids is 1. The first-order chi connectivity index (χ1) is 15.1. The van der Waals surface area contributed by atoms with Gasteiger partial charge in [-0.05, 0) is 42.8 Å². The average Bonchev–Trinajstić information content (AvgIpc) is 3.08. The number of ketones is 1. The van der Waals surface area contributed by atoms with Gasteiger partial charge in [0.1, 0.15) is 23.9 Å². The lowest BCUT2D eigenvalue weighted by molar-refractivity contribution is -0.0165. The van der Waals surface area contributed by atoms with Gasteiger partial charge in [0.25, 0.3) is 0 Å². The summed E-state index contributed by atoms with van der Waals surface area (Å²) in [5, 5.41) is 0. The van der Waals surface area contributed by atoms with Crippen LogP contribution in [-0.2, 0) is 18.0 Å². The normalized spacial score (nSPS) is 15.8. The van der Waals surface area contributed by atoms with Crippen LogP contribution in [0.1, 0.15) is 32.6 Å². The minimum absolute atomic E-state index is 0.166. The molecule has 0 aromatic heterocycles. The lowest BCUT2D eigenvalue weighted by atomic mass is 10.1. The van der Waals surface area contributed by atoms with Crippen LogP contribution < -0.4 is 14.2 Å². The van der Waals surface area contributed by atoms with E-state index >= 15 is 0 Å². The monoisotopic (exact) mass is 478 g/mol. The van der Waals surface area contributed by atoms with Crippen LogP contribution in [0.4, 0.5) is 0 Å². The van der Waals surface area contributed by atoms with Gasteiger partial charge in [-0.2, -0.15) is 0 Å². The number of hydrogen-bond acceptors (Lipinski definition) is 5. The van der Waals surface area contributed by atoms with Crippen LogP contribution in [0.25, 0.3) is 6.08 Å². The van der Waals surface area contributed by atoms with Crippen molar-refractivity contribution in [1.29, 1.82) is 0 Å². The third-order valence-corrected chi connectivity index (χ3v) is 5.62. The Kier molecular flexibility index (Phi) is 5.26. The summed E-state index contributed by atoms with van der Waals surface area (Å²) >= 11 is 3.50. The molecule has 3 aromatic carbocycles. The maximum Gasteiger partial charge on any atom is 0.231 e. The Labute approximate surface area is 188 Å². The zero-order valence-electron chi connectivity index (χ0n) is 16.8. The molecular weight excluding hydrogens is 460 g/mol. The summed E-state index contributed by atoms with van der Waals surface area (Å²) < 4.78 is 23.7. The molecular formula is C25H19BrO5. The summed E-state index contributed by atoms with van der Waals surface area (Å²) in [6.45, 7) is 3.14. The number of Topliss-reactive ketones (excluding diaryl/α,β-unsaturated/α-hetero) is 1. The van der Waals surface area contributed by atoms with Crippen molar-refractivity contribution in [2.24, 2.45) is 0 Å². The van der Waals surface area contributed by atoms with Crippen LogP contribution in [0, 0.1) is 6.92 Å². The van der Waals surface area contributed by atoms with Crippen molar-refractivity contribution in [2.75, 3.05) is 6.79 Å². The molecule has 0 saturated carbocycles. The smallest absolute Gasteiger partial charge is 0.231 e. The summed E-state index contributed by atoms with van der Waals surface area (Å²) in [7, 11) is 0. The molecule has 2 heterocycles. The molecule has 0 saturated heterocycles. The second-order valence-electron chi connectivity index (χ2n) is 7.47. The molecule has 0 fully saturated rings. The fourth-order valence-corrected chi connectivity index (χ4v) is 4.09. The molecule has 0 spiro atoms. The molecule has 6 heteroatoms. The summed E-state index contributed by atoms with van der Waals surface area (Å²) in [6.07, 6.45) is 1.71. The van der Waals surface area contributed by atoms with E-state index in [1.807, 2.05) is 24.3 Å². The lowest BCUT2D eigenvalue weighted by Crippen LogP contribution is -2.12. The summed E-state index contributed by atoms with van der Waals surface area (Å²) in [6, 6.07) is 17.3. The summed E-state index contributed by atoms with van der Waals surface area (Å²) in [5.74, 6) is 1.93. The van der Waals surface area contributed by atoms with Crippen LogP contribution >= 0.6 is 15.9 Å². The van der Waals surface area contributed by atoms with E-state index in [1.54, 1.807) is 24.3 Å². The Hall–Kier alpha value is -3.09.